The molecular formula is C15H23ClO2. The number of halogens is 1. The van der Waals surface area contributed by atoms with Gasteiger partial charge in [-0.05, 0) is 57.2 Å². The Morgan fingerprint density at radius 3 is 2.61 bits per heavy atom. The summed E-state index contributed by atoms with van der Waals surface area (Å²) in [5, 5.41) is 10.1. The highest BCUT2D eigenvalue weighted by Gasteiger charge is 2.13. The third kappa shape index (κ3) is 6.39. The van der Waals surface area contributed by atoms with Gasteiger partial charge in [0.25, 0.3) is 0 Å². The first-order chi connectivity index (χ1) is 8.40. The molecule has 0 fully saturated rings. The molecule has 1 aromatic rings. The number of hydrogen-bond acceptors (Lipinski definition) is 2. The second-order valence-corrected chi connectivity index (χ2v) is 6.07. The van der Waals surface area contributed by atoms with E-state index in [2.05, 4.69) is 0 Å². The summed E-state index contributed by atoms with van der Waals surface area (Å²) in [6, 6.07) is 7.80. The van der Waals surface area contributed by atoms with E-state index in [0.717, 1.165) is 23.4 Å². The SMILES string of the molecule is CC(C)(C)OCCC(CO)Cc1cccc(Cl)c1. The molecule has 18 heavy (non-hydrogen) atoms. The number of ether oxygens (including phenoxy) is 1. The van der Waals surface area contributed by atoms with Gasteiger partial charge in [0.15, 0.2) is 0 Å². The molecule has 0 saturated heterocycles. The fourth-order valence-electron chi connectivity index (χ4n) is 1.79. The van der Waals surface area contributed by atoms with E-state index >= 15 is 0 Å². The maximum atomic E-state index is 9.40. The molecule has 0 aliphatic rings. The fraction of sp³-hybridized carbons (Fsp3) is 0.600. The lowest BCUT2D eigenvalue weighted by molar-refractivity contribution is -0.0121. The first-order valence-corrected chi connectivity index (χ1v) is 6.78. The molecule has 0 aromatic heterocycles. The van der Waals surface area contributed by atoms with Crippen LogP contribution < -0.4 is 0 Å². The normalized spacial score (nSPS) is 13.6. The minimum Gasteiger partial charge on any atom is -0.396 e. The van der Waals surface area contributed by atoms with E-state index in [1.165, 1.54) is 0 Å². The van der Waals surface area contributed by atoms with Gasteiger partial charge in [0.05, 0.1) is 5.60 Å². The number of hydrogen-bond donors (Lipinski definition) is 1. The molecule has 0 aliphatic carbocycles. The van der Waals surface area contributed by atoms with E-state index in [4.69, 9.17) is 16.3 Å². The van der Waals surface area contributed by atoms with Crippen LogP contribution in [-0.4, -0.2) is 23.9 Å². The average molecular weight is 271 g/mol. The summed E-state index contributed by atoms with van der Waals surface area (Å²) in [6.45, 7) is 6.98. The Hall–Kier alpha value is -0.570. The van der Waals surface area contributed by atoms with Crippen molar-refractivity contribution < 1.29 is 9.84 Å². The summed E-state index contributed by atoms with van der Waals surface area (Å²) in [4.78, 5) is 0. The van der Waals surface area contributed by atoms with Gasteiger partial charge in [-0.15, -0.1) is 0 Å². The molecule has 3 heteroatoms. The lowest BCUT2D eigenvalue weighted by Crippen LogP contribution is -2.22. The highest BCUT2D eigenvalue weighted by Crippen LogP contribution is 2.17. The van der Waals surface area contributed by atoms with Crippen LogP contribution >= 0.6 is 11.6 Å². The van der Waals surface area contributed by atoms with Crippen LogP contribution in [0.5, 0.6) is 0 Å². The maximum Gasteiger partial charge on any atom is 0.0598 e. The zero-order valence-corrected chi connectivity index (χ0v) is 12.2. The maximum absolute atomic E-state index is 9.40. The summed E-state index contributed by atoms with van der Waals surface area (Å²) in [6.07, 6.45) is 1.70. The topological polar surface area (TPSA) is 29.5 Å². The lowest BCUT2D eigenvalue weighted by atomic mass is 9.97. The molecule has 0 radical (unpaired) electrons. The Labute approximate surface area is 115 Å². The molecule has 1 rings (SSSR count). The van der Waals surface area contributed by atoms with E-state index in [1.54, 1.807) is 0 Å². The molecule has 0 bridgehead atoms. The third-order valence-corrected chi connectivity index (χ3v) is 2.97. The quantitative estimate of drug-likeness (QED) is 0.854. The van der Waals surface area contributed by atoms with Gasteiger partial charge >= 0.3 is 0 Å². The third-order valence-electron chi connectivity index (χ3n) is 2.73. The Balaban J connectivity index is 2.42. The summed E-state index contributed by atoms with van der Waals surface area (Å²) >= 11 is 5.95. The van der Waals surface area contributed by atoms with Crippen LogP contribution in [0.2, 0.25) is 5.02 Å². The van der Waals surface area contributed by atoms with Crippen LogP contribution in [0.25, 0.3) is 0 Å². The molecule has 0 spiro atoms. The Morgan fingerprint density at radius 2 is 2.06 bits per heavy atom. The van der Waals surface area contributed by atoms with Gasteiger partial charge < -0.3 is 9.84 Å². The zero-order chi connectivity index (χ0) is 13.6. The van der Waals surface area contributed by atoms with Crippen LogP contribution in [0.15, 0.2) is 24.3 Å². The monoisotopic (exact) mass is 270 g/mol. The van der Waals surface area contributed by atoms with Crippen molar-refractivity contribution in [1.82, 2.24) is 0 Å². The average Bonchev–Trinajstić information content (AvgIpc) is 2.26. The first-order valence-electron chi connectivity index (χ1n) is 6.40. The minimum atomic E-state index is -0.115. The molecule has 0 heterocycles. The van der Waals surface area contributed by atoms with Gasteiger partial charge in [-0.25, -0.2) is 0 Å². The number of aliphatic hydroxyl groups excluding tert-OH is 1. The van der Waals surface area contributed by atoms with Crippen molar-refractivity contribution in [3.05, 3.63) is 34.9 Å². The van der Waals surface area contributed by atoms with Crippen molar-refractivity contribution in [3.8, 4) is 0 Å². The van der Waals surface area contributed by atoms with Crippen molar-refractivity contribution in [1.29, 1.82) is 0 Å². The fourth-order valence-corrected chi connectivity index (χ4v) is 2.00. The van der Waals surface area contributed by atoms with Crippen molar-refractivity contribution in [2.45, 2.75) is 39.2 Å². The van der Waals surface area contributed by atoms with Gasteiger partial charge in [0.1, 0.15) is 0 Å². The second-order valence-electron chi connectivity index (χ2n) is 5.63. The van der Waals surface area contributed by atoms with E-state index in [-0.39, 0.29) is 18.1 Å². The lowest BCUT2D eigenvalue weighted by Gasteiger charge is -2.21. The Bertz CT molecular complexity index is 358. The van der Waals surface area contributed by atoms with Crippen LogP contribution in [0.4, 0.5) is 0 Å². The predicted octanol–water partition coefficient (Wildman–Crippen LogP) is 3.70. The summed E-state index contributed by atoms with van der Waals surface area (Å²) in [5.41, 5.74) is 1.05. The molecule has 0 aliphatic heterocycles. The van der Waals surface area contributed by atoms with Gasteiger partial charge in [-0.3, -0.25) is 0 Å². The highest BCUT2D eigenvalue weighted by atomic mass is 35.5. The molecule has 0 saturated carbocycles. The summed E-state index contributed by atoms with van der Waals surface area (Å²) in [7, 11) is 0. The smallest absolute Gasteiger partial charge is 0.0598 e. The van der Waals surface area contributed by atoms with Gasteiger partial charge in [-0.2, -0.15) is 0 Å². The zero-order valence-electron chi connectivity index (χ0n) is 11.4. The van der Waals surface area contributed by atoms with Crippen molar-refractivity contribution in [3.63, 3.8) is 0 Å². The van der Waals surface area contributed by atoms with E-state index in [9.17, 15) is 5.11 Å². The number of rotatable bonds is 6. The number of benzene rings is 1. The van der Waals surface area contributed by atoms with Crippen molar-refractivity contribution in [2.24, 2.45) is 5.92 Å². The summed E-state index contributed by atoms with van der Waals surface area (Å²) in [5.74, 6) is 0.228. The molecular weight excluding hydrogens is 248 g/mol. The van der Waals surface area contributed by atoms with Gasteiger partial charge in [-0.1, -0.05) is 23.7 Å². The van der Waals surface area contributed by atoms with Gasteiger partial charge in [0, 0.05) is 18.2 Å². The van der Waals surface area contributed by atoms with Crippen molar-refractivity contribution >= 4 is 11.6 Å². The Kier molecular flexibility index (Phi) is 6.13. The standard InChI is InChI=1S/C15H23ClO2/c1-15(2,3)18-8-7-13(11-17)9-12-5-4-6-14(16)10-12/h4-6,10,13,17H,7-9,11H2,1-3H3. The minimum absolute atomic E-state index is 0.115. The van der Waals surface area contributed by atoms with E-state index < -0.39 is 0 Å². The largest absolute Gasteiger partial charge is 0.396 e. The molecule has 1 unspecified atom stereocenters. The molecule has 2 nitrogen and oxygen atoms in total. The van der Waals surface area contributed by atoms with Crippen LogP contribution in [0, 0.1) is 5.92 Å². The summed E-state index contributed by atoms with van der Waals surface area (Å²) < 4.78 is 5.69. The van der Waals surface area contributed by atoms with Crippen LogP contribution in [0.3, 0.4) is 0 Å². The first kappa shape index (κ1) is 15.5. The van der Waals surface area contributed by atoms with Crippen LogP contribution in [-0.2, 0) is 11.2 Å². The molecule has 1 aromatic carbocycles. The Morgan fingerprint density at radius 1 is 1.33 bits per heavy atom. The van der Waals surface area contributed by atoms with Crippen molar-refractivity contribution in [2.75, 3.05) is 13.2 Å². The van der Waals surface area contributed by atoms with Crippen LogP contribution in [0.1, 0.15) is 32.8 Å². The predicted molar refractivity (Wildman–Crippen MR) is 76.1 cm³/mol. The molecule has 0 amide bonds. The van der Waals surface area contributed by atoms with E-state index in [0.29, 0.717) is 6.61 Å². The molecule has 1 atom stereocenters. The second kappa shape index (κ2) is 7.13. The van der Waals surface area contributed by atoms with E-state index in [1.807, 2.05) is 45.0 Å². The molecule has 102 valence electrons. The van der Waals surface area contributed by atoms with Gasteiger partial charge in [0.2, 0.25) is 0 Å². The molecule has 1 N–H and O–H groups in total. The highest BCUT2D eigenvalue weighted by molar-refractivity contribution is 6.30. The number of aliphatic hydroxyl groups is 1.